The molecular weight excluding hydrogens is 274 g/mol. The largest absolute Gasteiger partial charge is 0.329 e. The fraction of sp³-hybridized carbons (Fsp3) is 0.214. The molecule has 6 heteroatoms. The van der Waals surface area contributed by atoms with E-state index in [1.54, 1.807) is 6.33 Å². The maximum absolute atomic E-state index is 6.08. The first-order valence-electron chi connectivity index (χ1n) is 6.40. The number of fused-ring (bicyclic) bond motifs is 1. The van der Waals surface area contributed by atoms with Crippen molar-refractivity contribution in [3.05, 3.63) is 40.8 Å². The average Bonchev–Trinajstić information content (AvgIpc) is 2.90. The Morgan fingerprint density at radius 2 is 2.15 bits per heavy atom. The van der Waals surface area contributed by atoms with E-state index in [0.29, 0.717) is 22.3 Å². The summed E-state index contributed by atoms with van der Waals surface area (Å²) < 4.78 is 0. The maximum Gasteiger partial charge on any atom is 0.230 e. The minimum Gasteiger partial charge on any atom is -0.329 e. The van der Waals surface area contributed by atoms with Crippen LogP contribution in [0.4, 0.5) is 11.6 Å². The summed E-state index contributed by atoms with van der Waals surface area (Å²) in [6.07, 6.45) is 2.54. The van der Waals surface area contributed by atoms with Crippen LogP contribution in [0.15, 0.2) is 24.5 Å². The molecule has 2 N–H and O–H groups in total. The molecule has 102 valence electrons. The van der Waals surface area contributed by atoms with E-state index in [-0.39, 0.29) is 0 Å². The molecule has 5 nitrogen and oxygen atoms in total. The number of benzene rings is 1. The molecule has 0 aliphatic heterocycles. The molecule has 20 heavy (non-hydrogen) atoms. The summed E-state index contributed by atoms with van der Waals surface area (Å²) in [5.41, 5.74) is 4.72. The monoisotopic (exact) mass is 287 g/mol. The standard InChI is InChI=1S/C14H14ClN5/c1-3-9-6-10(5-4-8(9)2)18-14-19-12(15)11-13(20-14)17-7-16-11/h4-7H,3H2,1-2H3,(H2,16,17,18,19,20). The van der Waals surface area contributed by atoms with Crippen molar-refractivity contribution in [2.45, 2.75) is 20.3 Å². The van der Waals surface area contributed by atoms with Crippen LogP contribution in [0.1, 0.15) is 18.1 Å². The highest BCUT2D eigenvalue weighted by Gasteiger charge is 2.08. The van der Waals surface area contributed by atoms with Gasteiger partial charge >= 0.3 is 0 Å². The molecule has 1 aromatic carbocycles. The van der Waals surface area contributed by atoms with Crippen molar-refractivity contribution >= 4 is 34.4 Å². The summed E-state index contributed by atoms with van der Waals surface area (Å²) in [5, 5.41) is 3.51. The summed E-state index contributed by atoms with van der Waals surface area (Å²) in [7, 11) is 0. The molecule has 0 aliphatic carbocycles. The van der Waals surface area contributed by atoms with Crippen molar-refractivity contribution in [1.29, 1.82) is 0 Å². The Hall–Kier alpha value is -2.14. The summed E-state index contributed by atoms with van der Waals surface area (Å²) in [5.74, 6) is 0.456. The second-order valence-electron chi connectivity index (χ2n) is 4.56. The lowest BCUT2D eigenvalue weighted by Crippen LogP contribution is -1.99. The Bertz CT molecular complexity index is 765. The van der Waals surface area contributed by atoms with Gasteiger partial charge in [-0.25, -0.2) is 4.98 Å². The molecule has 0 unspecified atom stereocenters. The fourth-order valence-corrected chi connectivity index (χ4v) is 2.33. The predicted octanol–water partition coefficient (Wildman–Crippen LogP) is 3.62. The van der Waals surface area contributed by atoms with Crippen LogP contribution in [0.3, 0.4) is 0 Å². The number of imidazole rings is 1. The van der Waals surface area contributed by atoms with E-state index in [9.17, 15) is 0 Å². The van der Waals surface area contributed by atoms with E-state index in [0.717, 1.165) is 12.1 Å². The fourth-order valence-electron chi connectivity index (χ4n) is 2.12. The summed E-state index contributed by atoms with van der Waals surface area (Å²) in [6, 6.07) is 6.18. The lowest BCUT2D eigenvalue weighted by atomic mass is 10.1. The molecule has 0 aliphatic rings. The predicted molar refractivity (Wildman–Crippen MR) is 80.5 cm³/mol. The van der Waals surface area contributed by atoms with E-state index < -0.39 is 0 Å². The Morgan fingerprint density at radius 1 is 1.30 bits per heavy atom. The number of nitrogens with one attached hydrogen (secondary N) is 2. The van der Waals surface area contributed by atoms with Crippen LogP contribution in [-0.2, 0) is 6.42 Å². The Morgan fingerprint density at radius 3 is 2.95 bits per heavy atom. The van der Waals surface area contributed by atoms with E-state index in [1.807, 2.05) is 6.07 Å². The van der Waals surface area contributed by atoms with Crippen molar-refractivity contribution < 1.29 is 0 Å². The summed E-state index contributed by atoms with van der Waals surface area (Å²) in [4.78, 5) is 15.5. The van der Waals surface area contributed by atoms with Gasteiger partial charge < -0.3 is 10.3 Å². The van der Waals surface area contributed by atoms with Crippen LogP contribution in [0.2, 0.25) is 5.15 Å². The second kappa shape index (κ2) is 5.09. The number of aromatic amines is 1. The minimum atomic E-state index is 0.335. The molecule has 0 atom stereocenters. The third-order valence-electron chi connectivity index (χ3n) is 3.22. The van der Waals surface area contributed by atoms with Crippen molar-refractivity contribution in [1.82, 2.24) is 19.9 Å². The number of aryl methyl sites for hydroxylation is 2. The molecule has 0 saturated carbocycles. The van der Waals surface area contributed by atoms with Crippen molar-refractivity contribution in [2.75, 3.05) is 5.32 Å². The number of aromatic nitrogens is 4. The van der Waals surface area contributed by atoms with Crippen LogP contribution in [0.25, 0.3) is 11.2 Å². The topological polar surface area (TPSA) is 66.5 Å². The van der Waals surface area contributed by atoms with E-state index in [1.165, 1.54) is 11.1 Å². The van der Waals surface area contributed by atoms with Crippen molar-refractivity contribution in [3.63, 3.8) is 0 Å². The minimum absolute atomic E-state index is 0.335. The van der Waals surface area contributed by atoms with Gasteiger partial charge in [-0.2, -0.15) is 9.97 Å². The zero-order chi connectivity index (χ0) is 14.1. The number of H-pyrrole nitrogens is 1. The Balaban J connectivity index is 1.96. The van der Waals surface area contributed by atoms with Crippen LogP contribution in [0.5, 0.6) is 0 Å². The van der Waals surface area contributed by atoms with E-state index >= 15 is 0 Å². The first kappa shape index (κ1) is 12.9. The molecule has 0 bridgehead atoms. The van der Waals surface area contributed by atoms with Gasteiger partial charge in [0, 0.05) is 5.69 Å². The van der Waals surface area contributed by atoms with Gasteiger partial charge in [-0.3, -0.25) is 0 Å². The molecule has 2 aromatic heterocycles. The zero-order valence-electron chi connectivity index (χ0n) is 11.2. The normalized spacial score (nSPS) is 10.9. The SMILES string of the molecule is CCc1cc(Nc2nc(Cl)c3nc[nH]c3n2)ccc1C. The van der Waals surface area contributed by atoms with Crippen molar-refractivity contribution in [2.24, 2.45) is 0 Å². The first-order valence-corrected chi connectivity index (χ1v) is 6.78. The molecule has 0 saturated heterocycles. The summed E-state index contributed by atoms with van der Waals surface area (Å²) >= 11 is 6.08. The molecule has 0 amide bonds. The van der Waals surface area contributed by atoms with Gasteiger partial charge in [0.1, 0.15) is 5.52 Å². The number of rotatable bonds is 3. The van der Waals surface area contributed by atoms with Gasteiger partial charge in [-0.15, -0.1) is 0 Å². The lowest BCUT2D eigenvalue weighted by Gasteiger charge is -2.09. The van der Waals surface area contributed by atoms with Gasteiger partial charge in [0.25, 0.3) is 0 Å². The third kappa shape index (κ3) is 2.32. The van der Waals surface area contributed by atoms with Gasteiger partial charge in [0.15, 0.2) is 10.8 Å². The highest BCUT2D eigenvalue weighted by atomic mass is 35.5. The molecule has 3 rings (SSSR count). The zero-order valence-corrected chi connectivity index (χ0v) is 12.0. The highest BCUT2D eigenvalue weighted by Crippen LogP contribution is 2.22. The van der Waals surface area contributed by atoms with Crippen LogP contribution < -0.4 is 5.32 Å². The lowest BCUT2D eigenvalue weighted by molar-refractivity contribution is 1.11. The molecule has 3 aromatic rings. The van der Waals surface area contributed by atoms with E-state index in [2.05, 4.69) is 51.2 Å². The molecule has 0 radical (unpaired) electrons. The van der Waals surface area contributed by atoms with Gasteiger partial charge in [-0.05, 0) is 36.6 Å². The number of nitrogens with zero attached hydrogens (tertiary/aromatic N) is 3. The highest BCUT2D eigenvalue weighted by molar-refractivity contribution is 6.33. The molecule has 0 spiro atoms. The van der Waals surface area contributed by atoms with Gasteiger partial charge in [0.05, 0.1) is 6.33 Å². The van der Waals surface area contributed by atoms with Crippen LogP contribution >= 0.6 is 11.6 Å². The van der Waals surface area contributed by atoms with Gasteiger partial charge in [0.2, 0.25) is 5.95 Å². The number of hydrogen-bond acceptors (Lipinski definition) is 4. The Labute approximate surface area is 121 Å². The second-order valence-corrected chi connectivity index (χ2v) is 4.92. The number of halogens is 1. The molecule has 0 fully saturated rings. The third-order valence-corrected chi connectivity index (χ3v) is 3.49. The van der Waals surface area contributed by atoms with Crippen molar-refractivity contribution in [3.8, 4) is 0 Å². The molecule has 2 heterocycles. The van der Waals surface area contributed by atoms with E-state index in [4.69, 9.17) is 11.6 Å². The van der Waals surface area contributed by atoms with Crippen LogP contribution in [0, 0.1) is 6.92 Å². The average molecular weight is 288 g/mol. The first-order chi connectivity index (χ1) is 9.67. The van der Waals surface area contributed by atoms with Gasteiger partial charge in [-0.1, -0.05) is 24.6 Å². The molecular formula is C14H14ClN5. The number of anilines is 2. The smallest absolute Gasteiger partial charge is 0.230 e. The number of hydrogen-bond donors (Lipinski definition) is 2. The Kier molecular flexibility index (Phi) is 3.28. The quantitative estimate of drug-likeness (QED) is 0.722. The maximum atomic E-state index is 6.08. The summed E-state index contributed by atoms with van der Waals surface area (Å²) in [6.45, 7) is 4.24. The van der Waals surface area contributed by atoms with Crippen LogP contribution in [-0.4, -0.2) is 19.9 Å².